The highest BCUT2D eigenvalue weighted by atomic mass is 16.1. The minimum atomic E-state index is -0.00581. The molecule has 0 radical (unpaired) electrons. The molecule has 1 aromatic heterocycles. The van der Waals surface area contributed by atoms with E-state index in [1.165, 1.54) is 32.1 Å². The maximum Gasteiger partial charge on any atom is 0.266 e. The SMILES string of the molecule is CCn1nc(N2CCC3(CCC3)CC2)ccc1=O. The Labute approximate surface area is 108 Å². The third kappa shape index (κ3) is 1.93. The lowest BCUT2D eigenvalue weighted by Crippen LogP contribution is -2.44. The summed E-state index contributed by atoms with van der Waals surface area (Å²) in [6.45, 7) is 4.78. The third-order valence-electron chi connectivity index (χ3n) is 4.71. The number of aromatic nitrogens is 2. The van der Waals surface area contributed by atoms with Gasteiger partial charge in [-0.1, -0.05) is 6.42 Å². The van der Waals surface area contributed by atoms with Crippen molar-refractivity contribution in [1.29, 1.82) is 0 Å². The summed E-state index contributed by atoms with van der Waals surface area (Å²) in [7, 11) is 0. The zero-order valence-corrected chi connectivity index (χ0v) is 11.1. The van der Waals surface area contributed by atoms with E-state index in [0.717, 1.165) is 18.9 Å². The van der Waals surface area contributed by atoms with Crippen LogP contribution >= 0.6 is 0 Å². The summed E-state index contributed by atoms with van der Waals surface area (Å²) in [4.78, 5) is 13.9. The van der Waals surface area contributed by atoms with E-state index in [0.29, 0.717) is 12.0 Å². The van der Waals surface area contributed by atoms with E-state index in [-0.39, 0.29) is 5.56 Å². The van der Waals surface area contributed by atoms with Crippen molar-refractivity contribution in [2.45, 2.75) is 45.6 Å². The monoisotopic (exact) mass is 247 g/mol. The van der Waals surface area contributed by atoms with E-state index >= 15 is 0 Å². The molecule has 1 aliphatic carbocycles. The number of anilines is 1. The smallest absolute Gasteiger partial charge is 0.266 e. The molecule has 1 aliphatic heterocycles. The maximum absolute atomic E-state index is 11.5. The topological polar surface area (TPSA) is 38.1 Å². The Morgan fingerprint density at radius 1 is 1.22 bits per heavy atom. The lowest BCUT2D eigenvalue weighted by Gasteiger charge is -2.48. The van der Waals surface area contributed by atoms with Crippen LogP contribution in [0.1, 0.15) is 39.0 Å². The number of hydrogen-bond donors (Lipinski definition) is 0. The molecule has 0 bridgehead atoms. The van der Waals surface area contributed by atoms with Crippen molar-refractivity contribution in [3.05, 3.63) is 22.5 Å². The number of aryl methyl sites for hydroxylation is 1. The summed E-state index contributed by atoms with van der Waals surface area (Å²) in [5, 5.41) is 4.44. The second-order valence-corrected chi connectivity index (χ2v) is 5.69. The van der Waals surface area contributed by atoms with Crippen molar-refractivity contribution in [1.82, 2.24) is 9.78 Å². The molecular formula is C14H21N3O. The Bertz CT molecular complexity index is 480. The highest BCUT2D eigenvalue weighted by Crippen LogP contribution is 2.49. The molecule has 1 aromatic rings. The predicted molar refractivity (Wildman–Crippen MR) is 71.9 cm³/mol. The van der Waals surface area contributed by atoms with Crippen molar-refractivity contribution in [3.8, 4) is 0 Å². The average Bonchev–Trinajstić information content (AvgIpc) is 2.38. The molecule has 2 heterocycles. The van der Waals surface area contributed by atoms with Crippen LogP contribution in [0.15, 0.2) is 16.9 Å². The van der Waals surface area contributed by atoms with Crippen LogP contribution in [0, 0.1) is 5.41 Å². The van der Waals surface area contributed by atoms with Gasteiger partial charge in [-0.3, -0.25) is 4.79 Å². The molecule has 1 spiro atoms. The first-order valence-corrected chi connectivity index (χ1v) is 7.06. The first-order valence-electron chi connectivity index (χ1n) is 7.06. The molecule has 2 fully saturated rings. The van der Waals surface area contributed by atoms with Gasteiger partial charge in [-0.05, 0) is 44.1 Å². The van der Waals surface area contributed by atoms with E-state index in [1.54, 1.807) is 10.7 Å². The van der Waals surface area contributed by atoms with Gasteiger partial charge in [-0.25, -0.2) is 4.68 Å². The Balaban J connectivity index is 1.74. The van der Waals surface area contributed by atoms with Crippen molar-refractivity contribution < 1.29 is 0 Å². The van der Waals surface area contributed by atoms with E-state index in [4.69, 9.17) is 0 Å². The van der Waals surface area contributed by atoms with E-state index in [9.17, 15) is 4.79 Å². The Kier molecular flexibility index (Phi) is 2.88. The second-order valence-electron chi connectivity index (χ2n) is 5.69. The number of rotatable bonds is 2. The van der Waals surface area contributed by atoms with Crippen LogP contribution in [0.2, 0.25) is 0 Å². The highest BCUT2D eigenvalue weighted by Gasteiger charge is 2.39. The Hall–Kier alpha value is -1.32. The maximum atomic E-state index is 11.5. The van der Waals surface area contributed by atoms with Crippen LogP contribution in [0.4, 0.5) is 5.82 Å². The minimum Gasteiger partial charge on any atom is -0.355 e. The molecule has 98 valence electrons. The molecule has 1 saturated heterocycles. The van der Waals surface area contributed by atoms with E-state index in [2.05, 4.69) is 10.00 Å². The van der Waals surface area contributed by atoms with Gasteiger partial charge in [-0.15, -0.1) is 0 Å². The van der Waals surface area contributed by atoms with Gasteiger partial charge in [0.15, 0.2) is 0 Å². The van der Waals surface area contributed by atoms with Crippen LogP contribution in [0.5, 0.6) is 0 Å². The van der Waals surface area contributed by atoms with Crippen LogP contribution in [0.25, 0.3) is 0 Å². The summed E-state index contributed by atoms with van der Waals surface area (Å²) >= 11 is 0. The molecule has 4 heteroatoms. The first-order chi connectivity index (χ1) is 8.72. The fraction of sp³-hybridized carbons (Fsp3) is 0.714. The predicted octanol–water partition coefficient (Wildman–Crippen LogP) is 2.03. The van der Waals surface area contributed by atoms with Gasteiger partial charge >= 0.3 is 0 Å². The fourth-order valence-corrected chi connectivity index (χ4v) is 3.22. The zero-order valence-electron chi connectivity index (χ0n) is 11.1. The molecule has 0 unspecified atom stereocenters. The fourth-order valence-electron chi connectivity index (χ4n) is 3.22. The third-order valence-corrected chi connectivity index (χ3v) is 4.71. The van der Waals surface area contributed by atoms with Crippen molar-refractivity contribution in [2.75, 3.05) is 18.0 Å². The van der Waals surface area contributed by atoms with Crippen molar-refractivity contribution in [2.24, 2.45) is 5.41 Å². The van der Waals surface area contributed by atoms with Gasteiger partial charge in [0.25, 0.3) is 5.56 Å². The van der Waals surface area contributed by atoms with E-state index < -0.39 is 0 Å². The van der Waals surface area contributed by atoms with Crippen LogP contribution < -0.4 is 10.5 Å². The van der Waals surface area contributed by atoms with Gasteiger partial charge in [0, 0.05) is 25.7 Å². The summed E-state index contributed by atoms with van der Waals surface area (Å²) in [6, 6.07) is 3.51. The molecule has 18 heavy (non-hydrogen) atoms. The van der Waals surface area contributed by atoms with Crippen molar-refractivity contribution >= 4 is 5.82 Å². The molecule has 0 atom stereocenters. The van der Waals surface area contributed by atoms with Crippen LogP contribution in [-0.4, -0.2) is 22.9 Å². The normalized spacial score (nSPS) is 21.9. The largest absolute Gasteiger partial charge is 0.355 e. The van der Waals surface area contributed by atoms with Gasteiger partial charge in [-0.2, -0.15) is 5.10 Å². The van der Waals surface area contributed by atoms with Crippen LogP contribution in [-0.2, 0) is 6.54 Å². The minimum absolute atomic E-state index is 0.00581. The summed E-state index contributed by atoms with van der Waals surface area (Å²) < 4.78 is 1.54. The molecule has 3 rings (SSSR count). The number of piperidine rings is 1. The van der Waals surface area contributed by atoms with E-state index in [1.807, 2.05) is 13.0 Å². The van der Waals surface area contributed by atoms with Gasteiger partial charge < -0.3 is 4.90 Å². The van der Waals surface area contributed by atoms with Gasteiger partial charge in [0.1, 0.15) is 5.82 Å². The number of nitrogens with zero attached hydrogens (tertiary/aromatic N) is 3. The molecule has 0 aromatic carbocycles. The molecule has 0 N–H and O–H groups in total. The standard InChI is InChI=1S/C14H21N3O/c1-2-17-13(18)5-4-12(15-17)16-10-8-14(9-11-16)6-3-7-14/h4-5H,2-3,6-11H2,1H3. The Morgan fingerprint density at radius 2 is 1.94 bits per heavy atom. The quantitative estimate of drug-likeness (QED) is 0.802. The molecular weight excluding hydrogens is 226 g/mol. The first kappa shape index (κ1) is 11.8. The summed E-state index contributed by atoms with van der Waals surface area (Å²) in [6.07, 6.45) is 6.84. The van der Waals surface area contributed by atoms with Gasteiger partial charge in [0.2, 0.25) is 0 Å². The Morgan fingerprint density at radius 3 is 2.50 bits per heavy atom. The molecule has 4 nitrogen and oxygen atoms in total. The highest BCUT2D eigenvalue weighted by molar-refractivity contribution is 5.37. The van der Waals surface area contributed by atoms with Gasteiger partial charge in [0.05, 0.1) is 0 Å². The lowest BCUT2D eigenvalue weighted by atomic mass is 9.63. The molecule has 0 amide bonds. The zero-order chi connectivity index (χ0) is 12.6. The number of hydrogen-bond acceptors (Lipinski definition) is 3. The lowest BCUT2D eigenvalue weighted by molar-refractivity contribution is 0.0952. The average molecular weight is 247 g/mol. The summed E-state index contributed by atoms with van der Waals surface area (Å²) in [5.41, 5.74) is 0.657. The van der Waals surface area contributed by atoms with Crippen molar-refractivity contribution in [3.63, 3.8) is 0 Å². The molecule has 1 saturated carbocycles. The molecule has 2 aliphatic rings. The van der Waals surface area contributed by atoms with Crippen LogP contribution in [0.3, 0.4) is 0 Å². The second kappa shape index (κ2) is 4.41. The summed E-state index contributed by atoms with van der Waals surface area (Å²) in [5.74, 6) is 0.964.